The van der Waals surface area contributed by atoms with Crippen LogP contribution in [0.5, 0.6) is 0 Å². The fourth-order valence-corrected chi connectivity index (χ4v) is 1.82. The molecule has 1 heterocycles. The SMILES string of the molecule is CCCC(C)(C)Nc1ncc(Br)cc1F. The monoisotopic (exact) mass is 274 g/mol. The van der Waals surface area contributed by atoms with E-state index in [0.29, 0.717) is 10.3 Å². The first-order valence-electron chi connectivity index (χ1n) is 5.04. The summed E-state index contributed by atoms with van der Waals surface area (Å²) in [6.45, 7) is 6.19. The van der Waals surface area contributed by atoms with Gasteiger partial charge < -0.3 is 5.32 Å². The van der Waals surface area contributed by atoms with Crippen molar-refractivity contribution in [2.75, 3.05) is 5.32 Å². The van der Waals surface area contributed by atoms with Gasteiger partial charge in [-0.25, -0.2) is 9.37 Å². The lowest BCUT2D eigenvalue weighted by Crippen LogP contribution is -2.31. The second-order valence-corrected chi connectivity index (χ2v) is 5.16. The minimum Gasteiger partial charge on any atom is -0.363 e. The molecule has 2 nitrogen and oxygen atoms in total. The summed E-state index contributed by atoms with van der Waals surface area (Å²) >= 11 is 3.18. The van der Waals surface area contributed by atoms with Gasteiger partial charge in [0.1, 0.15) is 0 Å². The molecule has 0 aromatic carbocycles. The van der Waals surface area contributed by atoms with Gasteiger partial charge in [0.25, 0.3) is 0 Å². The third-order valence-corrected chi connectivity index (χ3v) is 2.57. The van der Waals surface area contributed by atoms with Crippen molar-refractivity contribution in [2.24, 2.45) is 0 Å². The molecule has 0 radical (unpaired) electrons. The summed E-state index contributed by atoms with van der Waals surface area (Å²) in [7, 11) is 0. The van der Waals surface area contributed by atoms with E-state index < -0.39 is 0 Å². The van der Waals surface area contributed by atoms with Crippen LogP contribution in [0.25, 0.3) is 0 Å². The fourth-order valence-electron chi connectivity index (χ4n) is 1.51. The molecule has 0 bridgehead atoms. The van der Waals surface area contributed by atoms with Crippen LogP contribution in [0.15, 0.2) is 16.7 Å². The Morgan fingerprint density at radius 3 is 2.73 bits per heavy atom. The Morgan fingerprint density at radius 1 is 1.53 bits per heavy atom. The van der Waals surface area contributed by atoms with E-state index in [9.17, 15) is 4.39 Å². The molecule has 0 spiro atoms. The Bertz CT molecular complexity index is 339. The molecule has 15 heavy (non-hydrogen) atoms. The molecule has 1 N–H and O–H groups in total. The van der Waals surface area contributed by atoms with Gasteiger partial charge >= 0.3 is 0 Å². The number of nitrogens with zero attached hydrogens (tertiary/aromatic N) is 1. The molecule has 4 heteroatoms. The van der Waals surface area contributed by atoms with Crippen molar-refractivity contribution >= 4 is 21.7 Å². The summed E-state index contributed by atoms with van der Waals surface area (Å²) in [5.41, 5.74) is -0.129. The zero-order valence-electron chi connectivity index (χ0n) is 9.27. The van der Waals surface area contributed by atoms with Crippen molar-refractivity contribution < 1.29 is 4.39 Å². The summed E-state index contributed by atoms with van der Waals surface area (Å²) in [6, 6.07) is 1.41. The van der Waals surface area contributed by atoms with Crippen LogP contribution >= 0.6 is 15.9 Å². The van der Waals surface area contributed by atoms with Crippen LogP contribution in [0.1, 0.15) is 33.6 Å². The average Bonchev–Trinajstić information content (AvgIpc) is 2.09. The third kappa shape index (κ3) is 3.78. The Balaban J connectivity index is 2.80. The number of hydrogen-bond donors (Lipinski definition) is 1. The molecule has 0 saturated heterocycles. The first kappa shape index (κ1) is 12.4. The van der Waals surface area contributed by atoms with Crippen molar-refractivity contribution in [3.05, 3.63) is 22.6 Å². The Hall–Kier alpha value is -0.640. The van der Waals surface area contributed by atoms with Gasteiger partial charge in [0.05, 0.1) is 0 Å². The molecule has 84 valence electrons. The third-order valence-electron chi connectivity index (χ3n) is 2.14. The molecule has 0 unspecified atom stereocenters. The second-order valence-electron chi connectivity index (χ2n) is 4.24. The highest BCUT2D eigenvalue weighted by Crippen LogP contribution is 2.22. The van der Waals surface area contributed by atoms with Gasteiger partial charge in [0.15, 0.2) is 11.6 Å². The number of hydrogen-bond acceptors (Lipinski definition) is 2. The molecule has 0 atom stereocenters. The molecule has 1 aromatic heterocycles. The number of halogens is 2. The molecule has 0 fully saturated rings. The number of anilines is 1. The maximum atomic E-state index is 13.5. The van der Waals surface area contributed by atoms with Crippen LogP contribution < -0.4 is 5.32 Å². The van der Waals surface area contributed by atoms with E-state index in [2.05, 4.69) is 33.2 Å². The van der Waals surface area contributed by atoms with Gasteiger partial charge in [-0.15, -0.1) is 0 Å². The van der Waals surface area contributed by atoms with Crippen LogP contribution in [0.2, 0.25) is 0 Å². The maximum absolute atomic E-state index is 13.5. The number of nitrogens with one attached hydrogen (secondary N) is 1. The van der Waals surface area contributed by atoms with Crippen molar-refractivity contribution in [1.29, 1.82) is 0 Å². The Morgan fingerprint density at radius 2 is 2.20 bits per heavy atom. The summed E-state index contributed by atoms with van der Waals surface area (Å²) in [6.07, 6.45) is 3.62. The van der Waals surface area contributed by atoms with Crippen molar-refractivity contribution in [2.45, 2.75) is 39.2 Å². The standard InChI is InChI=1S/C11H16BrFN2/c1-4-5-11(2,3)15-10-9(13)6-8(12)7-14-10/h6-7H,4-5H2,1-3H3,(H,14,15). The molecule has 0 aliphatic heterocycles. The van der Waals surface area contributed by atoms with E-state index in [1.807, 2.05) is 13.8 Å². The minimum atomic E-state index is -0.325. The van der Waals surface area contributed by atoms with E-state index in [1.54, 1.807) is 6.20 Å². The average molecular weight is 275 g/mol. The molecule has 0 saturated carbocycles. The van der Waals surface area contributed by atoms with Gasteiger partial charge in [-0.1, -0.05) is 13.3 Å². The normalized spacial score (nSPS) is 11.5. The van der Waals surface area contributed by atoms with Gasteiger partial charge in [0.2, 0.25) is 0 Å². The molecule has 0 amide bonds. The summed E-state index contributed by atoms with van der Waals surface area (Å²) < 4.78 is 14.1. The predicted octanol–water partition coefficient (Wildman–Crippen LogP) is 3.97. The Labute approximate surface area is 98.4 Å². The molecule has 0 aliphatic rings. The van der Waals surface area contributed by atoms with E-state index in [1.165, 1.54) is 6.07 Å². The highest BCUT2D eigenvalue weighted by atomic mass is 79.9. The van der Waals surface area contributed by atoms with Gasteiger partial charge in [0, 0.05) is 16.2 Å². The zero-order chi connectivity index (χ0) is 11.5. The summed E-state index contributed by atoms with van der Waals surface area (Å²) in [5, 5.41) is 3.11. The minimum absolute atomic E-state index is 0.129. The number of aromatic nitrogens is 1. The van der Waals surface area contributed by atoms with Crippen LogP contribution in [0, 0.1) is 5.82 Å². The van der Waals surface area contributed by atoms with Gasteiger partial charge in [-0.05, 0) is 42.3 Å². The lowest BCUT2D eigenvalue weighted by atomic mass is 9.99. The van der Waals surface area contributed by atoms with Crippen LogP contribution in [-0.4, -0.2) is 10.5 Å². The first-order valence-corrected chi connectivity index (χ1v) is 5.83. The Kier molecular flexibility index (Phi) is 4.08. The van der Waals surface area contributed by atoms with Crippen molar-refractivity contribution in [3.8, 4) is 0 Å². The summed E-state index contributed by atoms with van der Waals surface area (Å²) in [5.74, 6) is -0.00907. The van der Waals surface area contributed by atoms with Crippen LogP contribution in [0.3, 0.4) is 0 Å². The predicted molar refractivity (Wildman–Crippen MR) is 64.5 cm³/mol. The lowest BCUT2D eigenvalue weighted by Gasteiger charge is -2.26. The van der Waals surface area contributed by atoms with E-state index in [4.69, 9.17) is 0 Å². The summed E-state index contributed by atoms with van der Waals surface area (Å²) in [4.78, 5) is 4.01. The van der Waals surface area contributed by atoms with Crippen LogP contribution in [0.4, 0.5) is 10.2 Å². The highest BCUT2D eigenvalue weighted by Gasteiger charge is 2.18. The topological polar surface area (TPSA) is 24.9 Å². The lowest BCUT2D eigenvalue weighted by molar-refractivity contribution is 0.501. The smallest absolute Gasteiger partial charge is 0.166 e. The van der Waals surface area contributed by atoms with Crippen molar-refractivity contribution in [3.63, 3.8) is 0 Å². The highest BCUT2D eigenvalue weighted by molar-refractivity contribution is 9.10. The quantitative estimate of drug-likeness (QED) is 0.899. The fraction of sp³-hybridized carbons (Fsp3) is 0.545. The molecule has 1 rings (SSSR count). The molecular weight excluding hydrogens is 259 g/mol. The number of rotatable bonds is 4. The van der Waals surface area contributed by atoms with Gasteiger partial charge in [-0.2, -0.15) is 0 Å². The molecule has 0 aliphatic carbocycles. The first-order chi connectivity index (χ1) is 6.94. The van der Waals surface area contributed by atoms with E-state index in [-0.39, 0.29) is 11.4 Å². The van der Waals surface area contributed by atoms with Crippen molar-refractivity contribution in [1.82, 2.24) is 4.98 Å². The van der Waals surface area contributed by atoms with E-state index in [0.717, 1.165) is 12.8 Å². The van der Waals surface area contributed by atoms with E-state index >= 15 is 0 Å². The largest absolute Gasteiger partial charge is 0.363 e. The number of pyridine rings is 1. The molecular formula is C11H16BrFN2. The zero-order valence-corrected chi connectivity index (χ0v) is 10.9. The maximum Gasteiger partial charge on any atom is 0.166 e. The van der Waals surface area contributed by atoms with Crippen LogP contribution in [-0.2, 0) is 0 Å². The van der Waals surface area contributed by atoms with Gasteiger partial charge in [-0.3, -0.25) is 0 Å². The second kappa shape index (κ2) is 4.92. The molecule has 1 aromatic rings.